The first-order chi connectivity index (χ1) is 16.5. The van der Waals surface area contributed by atoms with Crippen LogP contribution >= 0.6 is 0 Å². The number of benzene rings is 2. The van der Waals surface area contributed by atoms with Crippen molar-refractivity contribution in [1.82, 2.24) is 15.3 Å². The lowest BCUT2D eigenvalue weighted by molar-refractivity contribution is -0.116. The van der Waals surface area contributed by atoms with Crippen molar-refractivity contribution in [3.8, 4) is 17.2 Å². The maximum absolute atomic E-state index is 12.1. The van der Waals surface area contributed by atoms with Gasteiger partial charge in [0.25, 0.3) is 0 Å². The zero-order chi connectivity index (χ0) is 24.3. The molecule has 0 unspecified atom stereocenters. The second-order valence-corrected chi connectivity index (χ2v) is 7.24. The third-order valence-corrected chi connectivity index (χ3v) is 4.76. The van der Waals surface area contributed by atoms with Crippen LogP contribution in [0.3, 0.4) is 0 Å². The van der Waals surface area contributed by atoms with Gasteiger partial charge in [0.15, 0.2) is 11.5 Å². The van der Waals surface area contributed by atoms with Crippen molar-refractivity contribution in [2.45, 2.75) is 6.92 Å². The van der Waals surface area contributed by atoms with Gasteiger partial charge in [0.05, 0.1) is 21.3 Å². The molecule has 1 aromatic heterocycles. The van der Waals surface area contributed by atoms with Crippen molar-refractivity contribution in [2.75, 3.05) is 45.1 Å². The third kappa shape index (κ3) is 7.13. The van der Waals surface area contributed by atoms with E-state index in [0.29, 0.717) is 36.4 Å². The fourth-order valence-electron chi connectivity index (χ4n) is 3.08. The molecule has 1 amide bonds. The number of aromatic nitrogens is 2. The van der Waals surface area contributed by atoms with Crippen LogP contribution in [-0.4, -0.2) is 50.3 Å². The predicted octanol–water partition coefficient (Wildman–Crippen LogP) is 3.80. The van der Waals surface area contributed by atoms with Gasteiger partial charge in [-0.25, -0.2) is 4.98 Å². The summed E-state index contributed by atoms with van der Waals surface area (Å²) in [6.07, 6.45) is 3.19. The van der Waals surface area contributed by atoms with Gasteiger partial charge >= 0.3 is 0 Å². The molecule has 9 nitrogen and oxygen atoms in total. The zero-order valence-electron chi connectivity index (χ0n) is 19.7. The first-order valence-electron chi connectivity index (χ1n) is 10.7. The molecule has 0 radical (unpaired) electrons. The molecule has 3 rings (SSSR count). The smallest absolute Gasteiger partial charge is 0.244 e. The standard InChI is InChI=1S/C25H29N5O4/c1-17-15-23(29-19-7-9-20(32-2)10-8-19)30-25(28-17)27-14-13-26-24(31)12-6-18-5-11-21(33-3)22(16-18)34-4/h5-12,15-16H,13-14H2,1-4H3,(H,26,31)(H2,27,28,29,30)/b12-6+. The highest BCUT2D eigenvalue weighted by Gasteiger charge is 2.05. The SMILES string of the molecule is COc1ccc(Nc2cc(C)nc(NCCNC(=O)/C=C/c3ccc(OC)c(OC)c3)n2)cc1. The number of carbonyl (C=O) groups is 1. The number of ether oxygens (including phenoxy) is 3. The lowest BCUT2D eigenvalue weighted by Gasteiger charge is -2.10. The van der Waals surface area contributed by atoms with Crippen LogP contribution in [0.25, 0.3) is 6.08 Å². The van der Waals surface area contributed by atoms with Gasteiger partial charge in [-0.05, 0) is 55.0 Å². The van der Waals surface area contributed by atoms with Crippen LogP contribution in [0, 0.1) is 6.92 Å². The molecule has 0 atom stereocenters. The van der Waals surface area contributed by atoms with Gasteiger partial charge in [-0.15, -0.1) is 0 Å². The van der Waals surface area contributed by atoms with Crippen LogP contribution in [-0.2, 0) is 4.79 Å². The van der Waals surface area contributed by atoms with E-state index < -0.39 is 0 Å². The zero-order valence-corrected chi connectivity index (χ0v) is 19.7. The molecule has 1 heterocycles. The van der Waals surface area contributed by atoms with Crippen molar-refractivity contribution < 1.29 is 19.0 Å². The minimum absolute atomic E-state index is 0.205. The predicted molar refractivity (Wildman–Crippen MR) is 133 cm³/mol. The maximum atomic E-state index is 12.1. The number of methoxy groups -OCH3 is 3. The minimum Gasteiger partial charge on any atom is -0.497 e. The average molecular weight is 464 g/mol. The summed E-state index contributed by atoms with van der Waals surface area (Å²) in [5.74, 6) is 2.97. The molecular formula is C25H29N5O4. The molecule has 0 aliphatic rings. The highest BCUT2D eigenvalue weighted by molar-refractivity contribution is 5.91. The lowest BCUT2D eigenvalue weighted by atomic mass is 10.2. The summed E-state index contributed by atoms with van der Waals surface area (Å²) in [6, 6.07) is 14.9. The van der Waals surface area contributed by atoms with Crippen molar-refractivity contribution in [2.24, 2.45) is 0 Å². The number of amides is 1. The summed E-state index contributed by atoms with van der Waals surface area (Å²) < 4.78 is 15.7. The molecule has 0 fully saturated rings. The van der Waals surface area contributed by atoms with Crippen LogP contribution in [0.2, 0.25) is 0 Å². The number of carbonyl (C=O) groups excluding carboxylic acids is 1. The van der Waals surface area contributed by atoms with Crippen molar-refractivity contribution in [3.05, 3.63) is 65.9 Å². The molecule has 0 saturated carbocycles. The van der Waals surface area contributed by atoms with Crippen molar-refractivity contribution in [3.63, 3.8) is 0 Å². The lowest BCUT2D eigenvalue weighted by Crippen LogP contribution is -2.27. The number of nitrogens with one attached hydrogen (secondary N) is 3. The Morgan fingerprint density at radius 2 is 1.68 bits per heavy atom. The molecule has 0 spiro atoms. The Bertz CT molecular complexity index is 1130. The number of hydrogen-bond donors (Lipinski definition) is 3. The molecule has 0 bridgehead atoms. The van der Waals surface area contributed by atoms with Crippen LogP contribution in [0.4, 0.5) is 17.5 Å². The van der Waals surface area contributed by atoms with E-state index in [2.05, 4.69) is 25.9 Å². The monoisotopic (exact) mass is 463 g/mol. The van der Waals surface area contributed by atoms with E-state index in [1.54, 1.807) is 39.5 Å². The second-order valence-electron chi connectivity index (χ2n) is 7.24. The average Bonchev–Trinajstić information content (AvgIpc) is 2.85. The molecule has 9 heteroatoms. The Morgan fingerprint density at radius 1 is 0.912 bits per heavy atom. The summed E-state index contributed by atoms with van der Waals surface area (Å²) in [4.78, 5) is 21.0. The van der Waals surface area contributed by atoms with E-state index in [1.165, 1.54) is 6.08 Å². The highest BCUT2D eigenvalue weighted by Crippen LogP contribution is 2.28. The van der Waals surface area contributed by atoms with Crippen LogP contribution in [0.1, 0.15) is 11.3 Å². The van der Waals surface area contributed by atoms with E-state index >= 15 is 0 Å². The van der Waals surface area contributed by atoms with Gasteiger partial charge in [-0.2, -0.15) is 4.98 Å². The topological polar surface area (TPSA) is 107 Å². The Morgan fingerprint density at radius 3 is 2.38 bits per heavy atom. The van der Waals surface area contributed by atoms with Crippen LogP contribution < -0.4 is 30.2 Å². The molecule has 0 aliphatic heterocycles. The van der Waals surface area contributed by atoms with Crippen molar-refractivity contribution in [1.29, 1.82) is 0 Å². The van der Waals surface area contributed by atoms with Gasteiger partial charge in [0.2, 0.25) is 11.9 Å². The van der Waals surface area contributed by atoms with E-state index in [0.717, 1.165) is 22.7 Å². The van der Waals surface area contributed by atoms with Crippen LogP contribution in [0.15, 0.2) is 54.6 Å². The number of hydrogen-bond acceptors (Lipinski definition) is 8. The maximum Gasteiger partial charge on any atom is 0.244 e. The van der Waals surface area contributed by atoms with Gasteiger partial charge in [0.1, 0.15) is 11.6 Å². The normalized spacial score (nSPS) is 10.6. The quantitative estimate of drug-likeness (QED) is 0.291. The van der Waals surface area contributed by atoms with Crippen LogP contribution in [0.5, 0.6) is 17.2 Å². The largest absolute Gasteiger partial charge is 0.497 e. The Balaban J connectivity index is 1.48. The molecule has 0 aliphatic carbocycles. The summed E-state index contributed by atoms with van der Waals surface area (Å²) in [7, 11) is 4.78. The Hall–Kier alpha value is -4.27. The molecule has 34 heavy (non-hydrogen) atoms. The van der Waals surface area contributed by atoms with Gasteiger partial charge in [-0.3, -0.25) is 4.79 Å². The van der Waals surface area contributed by atoms with Gasteiger partial charge in [-0.1, -0.05) is 6.07 Å². The van der Waals surface area contributed by atoms with E-state index in [9.17, 15) is 4.79 Å². The summed E-state index contributed by atoms with van der Waals surface area (Å²) in [6.45, 7) is 2.78. The van der Waals surface area contributed by atoms with Crippen molar-refractivity contribution >= 4 is 29.4 Å². The van der Waals surface area contributed by atoms with Gasteiger partial charge in [0, 0.05) is 36.6 Å². The fraction of sp³-hybridized carbons (Fsp3) is 0.240. The summed E-state index contributed by atoms with van der Waals surface area (Å²) in [5.41, 5.74) is 2.53. The number of aryl methyl sites for hydroxylation is 1. The fourth-order valence-corrected chi connectivity index (χ4v) is 3.08. The Kier molecular flexibility index (Phi) is 8.67. The molecule has 0 saturated heterocycles. The van der Waals surface area contributed by atoms with E-state index in [-0.39, 0.29) is 5.91 Å². The second kappa shape index (κ2) is 12.1. The molecule has 3 N–H and O–H groups in total. The van der Waals surface area contributed by atoms with E-state index in [1.807, 2.05) is 43.3 Å². The molecule has 2 aromatic carbocycles. The number of anilines is 3. The first kappa shape index (κ1) is 24.4. The first-order valence-corrected chi connectivity index (χ1v) is 10.7. The van der Waals surface area contributed by atoms with E-state index in [4.69, 9.17) is 14.2 Å². The molecule has 178 valence electrons. The highest BCUT2D eigenvalue weighted by atomic mass is 16.5. The Labute approximate surface area is 199 Å². The third-order valence-electron chi connectivity index (χ3n) is 4.76. The summed E-state index contributed by atoms with van der Waals surface area (Å²) in [5, 5.41) is 9.21. The molecule has 3 aromatic rings. The van der Waals surface area contributed by atoms with Gasteiger partial charge < -0.3 is 30.2 Å². The molecular weight excluding hydrogens is 434 g/mol. The number of nitrogens with zero attached hydrogens (tertiary/aromatic N) is 2. The number of rotatable bonds is 11. The summed E-state index contributed by atoms with van der Waals surface area (Å²) >= 11 is 0. The minimum atomic E-state index is -0.205.